The average molecular weight is 276 g/mol. The molecule has 0 saturated carbocycles. The largest absolute Gasteiger partial charge is 0.478 e. The fourth-order valence-corrected chi connectivity index (χ4v) is 1.14. The van der Waals surface area contributed by atoms with Crippen molar-refractivity contribution in [1.82, 2.24) is 4.98 Å². The summed E-state index contributed by atoms with van der Waals surface area (Å²) in [6, 6.07) is 0.179. The lowest BCUT2D eigenvalue weighted by Crippen LogP contribution is -2.34. The van der Waals surface area contributed by atoms with Crippen molar-refractivity contribution in [1.29, 1.82) is 0 Å². The predicted octanol–water partition coefficient (Wildman–Crippen LogP) is 3.09. The molecule has 0 aliphatic heterocycles. The van der Waals surface area contributed by atoms with Gasteiger partial charge in [0.1, 0.15) is 5.69 Å². The number of carbonyl (C=O) groups is 1. The highest BCUT2D eigenvalue weighted by atomic mass is 35.5. The van der Waals surface area contributed by atoms with E-state index in [0.717, 1.165) is 0 Å². The molecule has 3 nitrogen and oxygen atoms in total. The summed E-state index contributed by atoms with van der Waals surface area (Å²) in [5, 5.41) is 7.74. The van der Waals surface area contributed by atoms with Crippen LogP contribution in [0.15, 0.2) is 12.3 Å². The Kier molecular flexibility index (Phi) is 3.28. The molecule has 1 heterocycles. The SMILES string of the molecule is O=C(O)c1cnc(C(F)(F)C(F)(F)F)cc1Cl. The first-order valence-electron chi connectivity index (χ1n) is 3.91. The van der Waals surface area contributed by atoms with Crippen LogP contribution in [0.4, 0.5) is 22.0 Å². The van der Waals surface area contributed by atoms with Crippen LogP contribution >= 0.6 is 11.6 Å². The van der Waals surface area contributed by atoms with E-state index in [-0.39, 0.29) is 6.07 Å². The van der Waals surface area contributed by atoms with E-state index in [0.29, 0.717) is 6.20 Å². The number of rotatable bonds is 2. The first kappa shape index (κ1) is 13.6. The smallest absolute Gasteiger partial charge is 0.459 e. The molecular formula is C8H3ClF5NO2. The van der Waals surface area contributed by atoms with Gasteiger partial charge in [-0.1, -0.05) is 11.6 Å². The third kappa shape index (κ3) is 2.46. The number of hydrogen-bond donors (Lipinski definition) is 1. The van der Waals surface area contributed by atoms with Crippen LogP contribution in [-0.2, 0) is 5.92 Å². The van der Waals surface area contributed by atoms with Crippen molar-refractivity contribution >= 4 is 17.6 Å². The summed E-state index contributed by atoms with van der Waals surface area (Å²) in [4.78, 5) is 13.2. The molecule has 0 saturated heterocycles. The zero-order valence-corrected chi connectivity index (χ0v) is 8.48. The zero-order chi connectivity index (χ0) is 13.4. The van der Waals surface area contributed by atoms with Crippen LogP contribution in [0.2, 0.25) is 5.02 Å². The van der Waals surface area contributed by atoms with Crippen LogP contribution < -0.4 is 0 Å². The Morgan fingerprint density at radius 2 is 1.82 bits per heavy atom. The zero-order valence-electron chi connectivity index (χ0n) is 7.73. The highest BCUT2D eigenvalue weighted by molar-refractivity contribution is 6.33. The van der Waals surface area contributed by atoms with E-state index in [4.69, 9.17) is 16.7 Å². The van der Waals surface area contributed by atoms with Gasteiger partial charge in [-0.15, -0.1) is 0 Å². The van der Waals surface area contributed by atoms with Crippen molar-refractivity contribution in [2.24, 2.45) is 0 Å². The molecule has 0 amide bonds. The molecule has 0 aromatic carbocycles. The lowest BCUT2D eigenvalue weighted by molar-refractivity contribution is -0.290. The summed E-state index contributed by atoms with van der Waals surface area (Å²) in [7, 11) is 0. The number of alkyl halides is 5. The van der Waals surface area contributed by atoms with Crippen LogP contribution in [0.5, 0.6) is 0 Å². The minimum Gasteiger partial charge on any atom is -0.478 e. The van der Waals surface area contributed by atoms with E-state index in [2.05, 4.69) is 4.98 Å². The van der Waals surface area contributed by atoms with E-state index < -0.39 is 34.3 Å². The van der Waals surface area contributed by atoms with Crippen LogP contribution in [0.25, 0.3) is 0 Å². The van der Waals surface area contributed by atoms with Crippen molar-refractivity contribution in [2.45, 2.75) is 12.1 Å². The second-order valence-electron chi connectivity index (χ2n) is 2.93. The van der Waals surface area contributed by atoms with Crippen molar-refractivity contribution in [3.63, 3.8) is 0 Å². The lowest BCUT2D eigenvalue weighted by Gasteiger charge is -2.19. The highest BCUT2D eigenvalue weighted by Crippen LogP contribution is 2.43. The van der Waals surface area contributed by atoms with E-state index in [1.54, 1.807) is 0 Å². The molecule has 9 heteroatoms. The number of hydrogen-bond acceptors (Lipinski definition) is 2. The predicted molar refractivity (Wildman–Crippen MR) is 46.2 cm³/mol. The Morgan fingerprint density at radius 1 is 1.29 bits per heavy atom. The molecule has 0 unspecified atom stereocenters. The summed E-state index contributed by atoms with van der Waals surface area (Å²) in [6.07, 6.45) is -5.48. The third-order valence-corrected chi connectivity index (χ3v) is 2.07. The quantitative estimate of drug-likeness (QED) is 0.844. The molecule has 17 heavy (non-hydrogen) atoms. The monoisotopic (exact) mass is 275 g/mol. The number of halogens is 6. The molecule has 0 radical (unpaired) electrons. The van der Waals surface area contributed by atoms with E-state index in [1.807, 2.05) is 0 Å². The molecule has 94 valence electrons. The minimum absolute atomic E-state index is 0.179. The van der Waals surface area contributed by atoms with Crippen LogP contribution in [0, 0.1) is 0 Å². The standard InChI is InChI=1S/C8H3ClF5NO2/c9-4-1-5(7(10,11)8(12,13)14)15-2-3(4)6(16)17/h1-2H,(H,16,17). The fourth-order valence-electron chi connectivity index (χ4n) is 0.905. The molecule has 0 fully saturated rings. The van der Waals surface area contributed by atoms with Gasteiger partial charge in [-0.2, -0.15) is 22.0 Å². The van der Waals surface area contributed by atoms with Crippen molar-refractivity contribution < 1.29 is 31.9 Å². The summed E-state index contributed by atoms with van der Waals surface area (Å²) in [5.41, 5.74) is -2.31. The second-order valence-corrected chi connectivity index (χ2v) is 3.33. The highest BCUT2D eigenvalue weighted by Gasteiger charge is 2.60. The van der Waals surface area contributed by atoms with Crippen LogP contribution in [0.3, 0.4) is 0 Å². The van der Waals surface area contributed by atoms with Gasteiger partial charge in [0, 0.05) is 6.20 Å². The maximum Gasteiger partial charge on any atom is 0.459 e. The minimum atomic E-state index is -5.83. The Morgan fingerprint density at radius 3 is 2.18 bits per heavy atom. The Bertz CT molecular complexity index is 460. The molecule has 0 atom stereocenters. The third-order valence-electron chi connectivity index (χ3n) is 1.76. The summed E-state index contributed by atoms with van der Waals surface area (Å²) in [6.45, 7) is 0. The lowest BCUT2D eigenvalue weighted by atomic mass is 10.1. The molecule has 1 N–H and O–H groups in total. The van der Waals surface area contributed by atoms with E-state index in [9.17, 15) is 26.7 Å². The van der Waals surface area contributed by atoms with Crippen molar-refractivity contribution in [3.05, 3.63) is 28.5 Å². The normalized spacial score (nSPS) is 12.6. The Labute approximate surface area is 95.8 Å². The maximum atomic E-state index is 12.8. The van der Waals surface area contributed by atoms with Crippen molar-refractivity contribution in [2.75, 3.05) is 0 Å². The number of carboxylic acid groups (broad SMARTS) is 1. The summed E-state index contributed by atoms with van der Waals surface area (Å²) in [5.74, 6) is -6.77. The van der Waals surface area contributed by atoms with Crippen molar-refractivity contribution in [3.8, 4) is 0 Å². The number of nitrogens with zero attached hydrogens (tertiary/aromatic N) is 1. The number of aromatic nitrogens is 1. The summed E-state index contributed by atoms with van der Waals surface area (Å²) >= 11 is 5.26. The second kappa shape index (κ2) is 4.10. The average Bonchev–Trinajstić information content (AvgIpc) is 2.14. The molecular weight excluding hydrogens is 273 g/mol. The Balaban J connectivity index is 3.28. The van der Waals surface area contributed by atoms with Gasteiger partial charge in [0.2, 0.25) is 0 Å². The maximum absolute atomic E-state index is 12.8. The first-order valence-corrected chi connectivity index (χ1v) is 4.29. The van der Waals surface area contributed by atoms with Gasteiger partial charge in [0.25, 0.3) is 0 Å². The topological polar surface area (TPSA) is 50.2 Å². The molecule has 0 aliphatic rings. The van der Waals surface area contributed by atoms with Crippen LogP contribution in [-0.4, -0.2) is 22.2 Å². The van der Waals surface area contributed by atoms with Gasteiger partial charge < -0.3 is 5.11 Å². The fraction of sp³-hybridized carbons (Fsp3) is 0.250. The molecule has 1 aromatic rings. The molecule has 0 spiro atoms. The van der Waals surface area contributed by atoms with Crippen LogP contribution in [0.1, 0.15) is 16.1 Å². The molecule has 0 aliphatic carbocycles. The number of aromatic carboxylic acids is 1. The number of carboxylic acids is 1. The molecule has 0 bridgehead atoms. The van der Waals surface area contributed by atoms with E-state index >= 15 is 0 Å². The van der Waals surface area contributed by atoms with Gasteiger partial charge in [-0.25, -0.2) is 4.79 Å². The number of pyridine rings is 1. The van der Waals surface area contributed by atoms with E-state index in [1.165, 1.54) is 0 Å². The Hall–Kier alpha value is -1.44. The van der Waals surface area contributed by atoms with Gasteiger partial charge in [-0.05, 0) is 6.07 Å². The van der Waals surface area contributed by atoms with Gasteiger partial charge in [0.15, 0.2) is 0 Å². The summed E-state index contributed by atoms with van der Waals surface area (Å²) < 4.78 is 61.4. The molecule has 1 aromatic heterocycles. The van der Waals surface area contributed by atoms with Gasteiger partial charge >= 0.3 is 18.1 Å². The van der Waals surface area contributed by atoms with Gasteiger partial charge in [-0.3, -0.25) is 4.98 Å². The van der Waals surface area contributed by atoms with Gasteiger partial charge in [0.05, 0.1) is 10.6 Å². The molecule has 1 rings (SSSR count). The first-order chi connectivity index (χ1) is 7.57.